The number of nitro groups is 1. The van der Waals surface area contributed by atoms with E-state index in [1.54, 1.807) is 19.3 Å². The molecule has 0 spiro atoms. The Morgan fingerprint density at radius 1 is 1.22 bits per heavy atom. The van der Waals surface area contributed by atoms with Crippen molar-refractivity contribution in [2.75, 3.05) is 29.9 Å². The van der Waals surface area contributed by atoms with Crippen LogP contribution in [0.25, 0.3) is 21.8 Å². The first-order valence-corrected chi connectivity index (χ1v) is 10.2. The summed E-state index contributed by atoms with van der Waals surface area (Å²) in [5, 5.41) is 15.1. The number of nitrogens with zero attached hydrogens (tertiary/aromatic N) is 5. The van der Waals surface area contributed by atoms with Gasteiger partial charge in [0.25, 0.3) is 11.2 Å². The zero-order valence-corrected chi connectivity index (χ0v) is 17.8. The minimum atomic E-state index is -0.521. The van der Waals surface area contributed by atoms with Crippen LogP contribution in [0.5, 0.6) is 0 Å². The Balaban J connectivity index is 1.79. The van der Waals surface area contributed by atoms with Gasteiger partial charge in [-0.2, -0.15) is 0 Å². The van der Waals surface area contributed by atoms with Crippen LogP contribution in [-0.4, -0.2) is 39.1 Å². The number of benzene rings is 2. The van der Waals surface area contributed by atoms with Gasteiger partial charge in [0.15, 0.2) is 0 Å². The largest absolute Gasteiger partial charge is 0.370 e. The predicted molar refractivity (Wildman–Crippen MR) is 126 cm³/mol. The van der Waals surface area contributed by atoms with E-state index in [0.29, 0.717) is 28.9 Å². The fourth-order valence-electron chi connectivity index (χ4n) is 3.73. The van der Waals surface area contributed by atoms with Crippen molar-refractivity contribution in [2.45, 2.75) is 6.92 Å². The molecule has 2 heterocycles. The smallest absolute Gasteiger partial charge is 0.270 e. The molecule has 0 unspecified atom stereocenters. The Morgan fingerprint density at radius 3 is 2.75 bits per heavy atom. The number of non-ortho nitro benzene ring substituents is 1. The number of nitrogens with one attached hydrogen (secondary N) is 1. The van der Waals surface area contributed by atoms with E-state index < -0.39 is 4.92 Å². The molecule has 164 valence electrons. The summed E-state index contributed by atoms with van der Waals surface area (Å²) in [7, 11) is 1.60. The molecule has 0 fully saturated rings. The lowest BCUT2D eigenvalue weighted by Crippen LogP contribution is -2.29. The molecule has 10 heteroatoms. The maximum absolute atomic E-state index is 12.7. The first-order valence-electron chi connectivity index (χ1n) is 10.2. The number of hydrogen-bond donors (Lipinski definition) is 2. The van der Waals surface area contributed by atoms with Crippen molar-refractivity contribution in [2.24, 2.45) is 12.8 Å². The van der Waals surface area contributed by atoms with Crippen LogP contribution in [0.2, 0.25) is 0 Å². The zero-order chi connectivity index (χ0) is 22.8. The molecule has 32 heavy (non-hydrogen) atoms. The van der Waals surface area contributed by atoms with Crippen LogP contribution in [0.3, 0.4) is 0 Å². The van der Waals surface area contributed by atoms with Gasteiger partial charge in [0.2, 0.25) is 5.95 Å². The minimum Gasteiger partial charge on any atom is -0.370 e. The highest BCUT2D eigenvalue weighted by Gasteiger charge is 2.15. The fraction of sp³-hybridized carbons (Fsp3) is 0.227. The second-order valence-electron chi connectivity index (χ2n) is 7.32. The molecule has 2 aromatic heterocycles. The van der Waals surface area contributed by atoms with Crippen LogP contribution < -0.4 is 21.5 Å². The lowest BCUT2D eigenvalue weighted by molar-refractivity contribution is -0.384. The highest BCUT2D eigenvalue weighted by molar-refractivity contribution is 6.04. The van der Waals surface area contributed by atoms with Gasteiger partial charge in [-0.25, -0.2) is 9.97 Å². The van der Waals surface area contributed by atoms with Crippen LogP contribution in [0.4, 0.5) is 23.0 Å². The van der Waals surface area contributed by atoms with Gasteiger partial charge in [0.05, 0.1) is 22.0 Å². The van der Waals surface area contributed by atoms with E-state index in [4.69, 9.17) is 5.73 Å². The lowest BCUT2D eigenvalue weighted by atomic mass is 10.1. The van der Waals surface area contributed by atoms with Crippen LogP contribution in [0, 0.1) is 10.1 Å². The Labute approximate surface area is 183 Å². The van der Waals surface area contributed by atoms with E-state index in [0.717, 1.165) is 24.5 Å². The van der Waals surface area contributed by atoms with E-state index in [2.05, 4.69) is 27.1 Å². The fourth-order valence-corrected chi connectivity index (χ4v) is 3.73. The zero-order valence-electron chi connectivity index (χ0n) is 17.8. The summed E-state index contributed by atoms with van der Waals surface area (Å²) in [4.78, 5) is 34.5. The average Bonchev–Trinajstić information content (AvgIpc) is 2.80. The van der Waals surface area contributed by atoms with Crippen molar-refractivity contribution in [3.8, 4) is 0 Å². The Bertz CT molecular complexity index is 1380. The summed E-state index contributed by atoms with van der Waals surface area (Å²) >= 11 is 0. The summed E-state index contributed by atoms with van der Waals surface area (Å²) < 4.78 is 1.40. The number of nitro benzene ring substituents is 1. The molecule has 0 saturated heterocycles. The predicted octanol–water partition coefficient (Wildman–Crippen LogP) is 2.92. The lowest BCUT2D eigenvalue weighted by Gasteiger charge is -2.22. The third kappa shape index (κ3) is 3.83. The third-order valence-electron chi connectivity index (χ3n) is 5.38. The number of rotatable bonds is 7. The van der Waals surface area contributed by atoms with E-state index in [-0.39, 0.29) is 16.6 Å². The quantitative estimate of drug-likeness (QED) is 0.258. The van der Waals surface area contributed by atoms with Gasteiger partial charge in [-0.1, -0.05) is 6.07 Å². The number of fused-ring (bicyclic) bond motifs is 3. The van der Waals surface area contributed by atoms with Crippen LogP contribution >= 0.6 is 0 Å². The molecule has 0 radical (unpaired) electrons. The molecule has 0 aliphatic carbocycles. The average molecular weight is 433 g/mol. The molecule has 0 aliphatic heterocycles. The van der Waals surface area contributed by atoms with Crippen molar-refractivity contribution >= 4 is 44.8 Å². The van der Waals surface area contributed by atoms with Gasteiger partial charge < -0.3 is 20.5 Å². The summed E-state index contributed by atoms with van der Waals surface area (Å²) in [5.74, 6) is 0.356. The number of likely N-dealkylation sites (N-methyl/N-ethyl adjacent to an activating group) is 1. The van der Waals surface area contributed by atoms with Gasteiger partial charge in [-0.15, -0.1) is 0 Å². The van der Waals surface area contributed by atoms with Crippen LogP contribution in [0.1, 0.15) is 6.92 Å². The molecule has 4 aromatic rings. The topological polar surface area (TPSA) is 132 Å². The molecular formula is C22H23N7O3. The first-order chi connectivity index (χ1) is 15.4. The van der Waals surface area contributed by atoms with Crippen molar-refractivity contribution in [1.29, 1.82) is 0 Å². The Kier molecular flexibility index (Phi) is 5.69. The van der Waals surface area contributed by atoms with Crippen molar-refractivity contribution in [3.05, 3.63) is 69.1 Å². The number of nitrogens with two attached hydrogens (primary N) is 1. The van der Waals surface area contributed by atoms with E-state index >= 15 is 0 Å². The standard InChI is InChI=1S/C22H23N7O3/c1-3-28(10-9-23)15-6-4-5-14(11-15)25-22-24-13-19-20(26-22)17-8-7-16(29(31)32)12-18(17)21(30)27(19)2/h4-8,11-13H,3,9-10,23H2,1-2H3,(H,24,25,26). The van der Waals surface area contributed by atoms with Crippen molar-refractivity contribution < 1.29 is 4.92 Å². The molecule has 4 rings (SSSR count). The molecule has 0 saturated carbocycles. The molecular weight excluding hydrogens is 410 g/mol. The van der Waals surface area contributed by atoms with Crippen molar-refractivity contribution in [3.63, 3.8) is 0 Å². The molecule has 10 nitrogen and oxygen atoms in total. The number of anilines is 3. The molecule has 0 bridgehead atoms. The molecule has 0 atom stereocenters. The van der Waals surface area contributed by atoms with Gasteiger partial charge >= 0.3 is 0 Å². The Morgan fingerprint density at radius 2 is 2.03 bits per heavy atom. The summed E-state index contributed by atoms with van der Waals surface area (Å²) in [6, 6.07) is 12.1. The summed E-state index contributed by atoms with van der Waals surface area (Å²) in [5.41, 5.74) is 8.14. The number of hydrogen-bond acceptors (Lipinski definition) is 8. The normalized spacial score (nSPS) is 11.1. The second kappa shape index (κ2) is 8.60. The SMILES string of the molecule is CCN(CCN)c1cccc(Nc2ncc3c(n2)c2ccc([N+](=O)[O-])cc2c(=O)n3C)c1. The highest BCUT2D eigenvalue weighted by atomic mass is 16.6. The monoisotopic (exact) mass is 433 g/mol. The Hall–Kier alpha value is -4.05. The van der Waals surface area contributed by atoms with Gasteiger partial charge in [-0.05, 0) is 31.2 Å². The first kappa shape index (κ1) is 21.2. The number of aromatic nitrogens is 3. The van der Waals surface area contributed by atoms with Gasteiger partial charge in [0, 0.05) is 55.6 Å². The highest BCUT2D eigenvalue weighted by Crippen LogP contribution is 2.26. The number of aryl methyl sites for hydroxylation is 1. The van der Waals surface area contributed by atoms with E-state index in [9.17, 15) is 14.9 Å². The van der Waals surface area contributed by atoms with Crippen LogP contribution in [0.15, 0.2) is 53.5 Å². The minimum absolute atomic E-state index is 0.142. The maximum Gasteiger partial charge on any atom is 0.270 e. The maximum atomic E-state index is 12.7. The second-order valence-corrected chi connectivity index (χ2v) is 7.32. The third-order valence-corrected chi connectivity index (χ3v) is 5.38. The molecule has 0 amide bonds. The molecule has 0 aliphatic rings. The van der Waals surface area contributed by atoms with Gasteiger partial charge in [0.1, 0.15) is 5.52 Å². The van der Waals surface area contributed by atoms with Crippen molar-refractivity contribution in [1.82, 2.24) is 14.5 Å². The van der Waals surface area contributed by atoms with E-state index in [1.165, 1.54) is 16.7 Å². The summed E-state index contributed by atoms with van der Waals surface area (Å²) in [6.07, 6.45) is 1.57. The van der Waals surface area contributed by atoms with E-state index in [1.807, 2.05) is 24.3 Å². The number of pyridine rings is 1. The van der Waals surface area contributed by atoms with Gasteiger partial charge in [-0.3, -0.25) is 14.9 Å². The summed E-state index contributed by atoms with van der Waals surface area (Å²) in [6.45, 7) is 4.21. The van der Waals surface area contributed by atoms with Crippen LogP contribution in [-0.2, 0) is 7.05 Å². The molecule has 2 aromatic carbocycles. The molecule has 3 N–H and O–H groups in total.